The number of nitrogens with two attached hydrogens (primary N) is 1. The molecule has 0 fully saturated rings. The quantitative estimate of drug-likeness (QED) is 0.845. The number of aromatic nitrogens is 2. The number of imidazole rings is 1. The van der Waals surface area contributed by atoms with Crippen LogP contribution in [0.5, 0.6) is 0 Å². The summed E-state index contributed by atoms with van der Waals surface area (Å²) in [6, 6.07) is 5.30. The Hall–Kier alpha value is -2.28. The van der Waals surface area contributed by atoms with Crippen LogP contribution in [-0.2, 0) is 4.79 Å². The van der Waals surface area contributed by atoms with Crippen LogP contribution in [0.2, 0.25) is 0 Å². The molecule has 6 nitrogen and oxygen atoms in total. The minimum Gasteiger partial charge on any atom is -0.351 e. The van der Waals surface area contributed by atoms with E-state index >= 15 is 0 Å². The van der Waals surface area contributed by atoms with E-state index in [2.05, 4.69) is 16.4 Å². The summed E-state index contributed by atoms with van der Waals surface area (Å²) in [5, 5.41) is 2.27. The van der Waals surface area contributed by atoms with Crippen molar-refractivity contribution in [3.63, 3.8) is 0 Å². The van der Waals surface area contributed by atoms with E-state index in [1.807, 2.05) is 36.7 Å². The molecule has 1 heterocycles. The molecule has 0 aliphatic heterocycles. The van der Waals surface area contributed by atoms with Crippen molar-refractivity contribution in [1.29, 1.82) is 0 Å². The molecule has 1 aromatic heterocycles. The van der Waals surface area contributed by atoms with Gasteiger partial charge in [0.1, 0.15) is 0 Å². The Kier molecular flexibility index (Phi) is 4.87. The molecule has 22 heavy (non-hydrogen) atoms. The van der Waals surface area contributed by atoms with Gasteiger partial charge >= 0.3 is 6.03 Å². The van der Waals surface area contributed by atoms with E-state index in [0.717, 1.165) is 16.8 Å². The lowest BCUT2D eigenvalue weighted by atomic mass is 10.1. The Balaban J connectivity index is 2.25. The summed E-state index contributed by atoms with van der Waals surface area (Å²) in [5.74, 6) is -0.437. The van der Waals surface area contributed by atoms with Crippen LogP contribution in [0.3, 0.4) is 0 Å². The molecule has 0 radical (unpaired) electrons. The highest BCUT2D eigenvalue weighted by Gasteiger charge is 2.19. The standard InChI is InChI=1S/C15H18N4O2S/c1-9-4-5-10(2)12(8-9)19-7-6-17-15(19)22-11(3)13(20)18-14(16)21/h4-8,11H,1-3H3,(H3,16,18,20,21)/t11-/m1/s1. The summed E-state index contributed by atoms with van der Waals surface area (Å²) < 4.78 is 1.93. The molecule has 7 heteroatoms. The Morgan fingerprint density at radius 1 is 1.36 bits per heavy atom. The van der Waals surface area contributed by atoms with Gasteiger partial charge in [-0.1, -0.05) is 23.9 Å². The van der Waals surface area contributed by atoms with Crippen LogP contribution in [-0.4, -0.2) is 26.7 Å². The SMILES string of the molecule is Cc1ccc(C)c(-n2ccnc2S[C@H](C)C(=O)NC(N)=O)c1. The number of primary amides is 1. The van der Waals surface area contributed by atoms with Gasteiger partial charge < -0.3 is 5.73 Å². The molecule has 1 aromatic carbocycles. The summed E-state index contributed by atoms with van der Waals surface area (Å²) in [4.78, 5) is 26.8. The predicted molar refractivity (Wildman–Crippen MR) is 86.1 cm³/mol. The third kappa shape index (κ3) is 3.67. The molecule has 1 atom stereocenters. The van der Waals surface area contributed by atoms with Crippen molar-refractivity contribution >= 4 is 23.7 Å². The average molecular weight is 318 g/mol. The first-order valence-corrected chi connectivity index (χ1v) is 7.64. The summed E-state index contributed by atoms with van der Waals surface area (Å²) in [6.45, 7) is 5.74. The monoisotopic (exact) mass is 318 g/mol. The molecule has 0 unspecified atom stereocenters. The smallest absolute Gasteiger partial charge is 0.318 e. The van der Waals surface area contributed by atoms with Crippen molar-refractivity contribution in [2.75, 3.05) is 0 Å². The lowest BCUT2D eigenvalue weighted by Crippen LogP contribution is -2.39. The van der Waals surface area contributed by atoms with E-state index in [1.165, 1.54) is 11.8 Å². The average Bonchev–Trinajstić information content (AvgIpc) is 2.88. The zero-order valence-electron chi connectivity index (χ0n) is 12.7. The third-order valence-corrected chi connectivity index (χ3v) is 4.21. The zero-order valence-corrected chi connectivity index (χ0v) is 13.5. The van der Waals surface area contributed by atoms with Crippen LogP contribution < -0.4 is 11.1 Å². The number of amides is 3. The van der Waals surface area contributed by atoms with Gasteiger partial charge in [0.05, 0.1) is 10.9 Å². The molecule has 3 amide bonds. The van der Waals surface area contributed by atoms with Crippen LogP contribution >= 0.6 is 11.8 Å². The van der Waals surface area contributed by atoms with Crippen molar-refractivity contribution in [2.24, 2.45) is 5.73 Å². The minimum atomic E-state index is -0.852. The van der Waals surface area contributed by atoms with E-state index < -0.39 is 17.2 Å². The van der Waals surface area contributed by atoms with E-state index in [4.69, 9.17) is 5.73 Å². The van der Waals surface area contributed by atoms with Crippen molar-refractivity contribution in [3.8, 4) is 5.69 Å². The van der Waals surface area contributed by atoms with Gasteiger partial charge in [0.2, 0.25) is 5.91 Å². The van der Waals surface area contributed by atoms with Crippen LogP contribution in [0.15, 0.2) is 35.7 Å². The van der Waals surface area contributed by atoms with Gasteiger partial charge in [-0.25, -0.2) is 9.78 Å². The van der Waals surface area contributed by atoms with E-state index in [9.17, 15) is 9.59 Å². The number of imide groups is 1. The molecule has 2 rings (SSSR count). The maximum Gasteiger partial charge on any atom is 0.318 e. The molecule has 0 saturated heterocycles. The second-order valence-corrected chi connectivity index (χ2v) is 6.29. The number of rotatable bonds is 4. The first kappa shape index (κ1) is 16.1. The van der Waals surface area contributed by atoms with Crippen molar-refractivity contribution in [3.05, 3.63) is 41.7 Å². The molecular weight excluding hydrogens is 300 g/mol. The normalized spacial score (nSPS) is 12.0. The fourth-order valence-electron chi connectivity index (χ4n) is 1.97. The first-order valence-electron chi connectivity index (χ1n) is 6.76. The van der Waals surface area contributed by atoms with Gasteiger partial charge in [0.15, 0.2) is 5.16 Å². The Labute approximate surface area is 133 Å². The van der Waals surface area contributed by atoms with E-state index in [0.29, 0.717) is 5.16 Å². The number of urea groups is 1. The van der Waals surface area contributed by atoms with Gasteiger partial charge in [-0.2, -0.15) is 0 Å². The summed E-state index contributed by atoms with van der Waals surface area (Å²) >= 11 is 1.27. The summed E-state index contributed by atoms with van der Waals surface area (Å²) in [7, 11) is 0. The molecule has 2 aromatic rings. The third-order valence-electron chi connectivity index (χ3n) is 3.13. The van der Waals surface area contributed by atoms with Crippen molar-refractivity contribution < 1.29 is 9.59 Å². The van der Waals surface area contributed by atoms with Gasteiger partial charge in [0.25, 0.3) is 0 Å². The molecular formula is C15H18N4O2S. The zero-order chi connectivity index (χ0) is 16.3. The number of carbonyl (C=O) groups is 2. The second kappa shape index (κ2) is 6.65. The molecule has 0 aliphatic rings. The summed E-state index contributed by atoms with van der Waals surface area (Å²) in [6.07, 6.45) is 3.53. The molecule has 0 bridgehead atoms. The highest BCUT2D eigenvalue weighted by atomic mass is 32.2. The van der Waals surface area contributed by atoms with Gasteiger partial charge in [0, 0.05) is 12.4 Å². The van der Waals surface area contributed by atoms with Crippen LogP contribution in [0.25, 0.3) is 5.69 Å². The van der Waals surface area contributed by atoms with Crippen molar-refractivity contribution in [2.45, 2.75) is 31.2 Å². The lowest BCUT2D eigenvalue weighted by molar-refractivity contribution is -0.119. The number of nitrogens with one attached hydrogen (secondary N) is 1. The summed E-state index contributed by atoms with van der Waals surface area (Å²) in [5.41, 5.74) is 8.23. The molecule has 0 spiro atoms. The van der Waals surface area contributed by atoms with Gasteiger partial charge in [-0.3, -0.25) is 14.7 Å². The number of benzene rings is 1. The van der Waals surface area contributed by atoms with Gasteiger partial charge in [-0.05, 0) is 38.0 Å². The topological polar surface area (TPSA) is 90.0 Å². The van der Waals surface area contributed by atoms with Crippen LogP contribution in [0, 0.1) is 13.8 Å². The minimum absolute atomic E-state index is 0.437. The van der Waals surface area contributed by atoms with Gasteiger partial charge in [-0.15, -0.1) is 0 Å². The Morgan fingerprint density at radius 2 is 2.09 bits per heavy atom. The number of carbonyl (C=O) groups excluding carboxylic acids is 2. The maximum absolute atomic E-state index is 11.8. The number of hydrogen-bond acceptors (Lipinski definition) is 4. The Bertz CT molecular complexity index is 711. The largest absolute Gasteiger partial charge is 0.351 e. The fourth-order valence-corrected chi connectivity index (χ4v) is 2.85. The maximum atomic E-state index is 11.8. The number of nitrogens with zero attached hydrogens (tertiary/aromatic N) is 2. The Morgan fingerprint density at radius 3 is 2.77 bits per heavy atom. The van der Waals surface area contributed by atoms with Crippen molar-refractivity contribution in [1.82, 2.24) is 14.9 Å². The second-order valence-electron chi connectivity index (χ2n) is 4.98. The highest BCUT2D eigenvalue weighted by molar-refractivity contribution is 8.00. The molecule has 0 aliphatic carbocycles. The van der Waals surface area contributed by atoms with E-state index in [-0.39, 0.29) is 0 Å². The number of aryl methyl sites for hydroxylation is 2. The van der Waals surface area contributed by atoms with Crippen LogP contribution in [0.4, 0.5) is 4.79 Å². The lowest BCUT2D eigenvalue weighted by Gasteiger charge is -2.14. The first-order chi connectivity index (χ1) is 10.4. The molecule has 3 N–H and O–H groups in total. The fraction of sp³-hybridized carbons (Fsp3) is 0.267. The van der Waals surface area contributed by atoms with E-state index in [1.54, 1.807) is 13.1 Å². The highest BCUT2D eigenvalue weighted by Crippen LogP contribution is 2.26. The number of hydrogen-bond donors (Lipinski definition) is 2. The molecule has 116 valence electrons. The number of thioether (sulfide) groups is 1. The van der Waals surface area contributed by atoms with Crippen LogP contribution in [0.1, 0.15) is 18.1 Å². The predicted octanol–water partition coefficient (Wildman–Crippen LogP) is 2.16. The molecule has 0 saturated carbocycles.